The SMILES string of the molecule is COc1ccc(S(=O)(=O)N2CCCN(C3CCC3)CC2)cc1C(N)=O. The van der Waals surface area contributed by atoms with Crippen molar-refractivity contribution < 1.29 is 17.9 Å². The number of ether oxygens (including phenoxy) is 1. The van der Waals surface area contributed by atoms with Crippen molar-refractivity contribution in [3.05, 3.63) is 23.8 Å². The van der Waals surface area contributed by atoms with Crippen LogP contribution in [0.25, 0.3) is 0 Å². The fourth-order valence-corrected chi connectivity index (χ4v) is 4.96. The van der Waals surface area contributed by atoms with E-state index in [9.17, 15) is 13.2 Å². The van der Waals surface area contributed by atoms with Gasteiger partial charge in [0.25, 0.3) is 5.91 Å². The number of hydrogen-bond acceptors (Lipinski definition) is 5. The largest absolute Gasteiger partial charge is 0.496 e. The predicted molar refractivity (Wildman–Crippen MR) is 94.1 cm³/mol. The summed E-state index contributed by atoms with van der Waals surface area (Å²) in [7, 11) is -2.24. The molecule has 0 bridgehead atoms. The maximum atomic E-state index is 13.0. The van der Waals surface area contributed by atoms with Gasteiger partial charge in [0.05, 0.1) is 17.6 Å². The summed E-state index contributed by atoms with van der Waals surface area (Å²) in [6.07, 6.45) is 4.51. The molecule has 1 heterocycles. The lowest BCUT2D eigenvalue weighted by Crippen LogP contribution is -2.42. The number of nitrogens with two attached hydrogens (primary N) is 1. The van der Waals surface area contributed by atoms with Crippen LogP contribution in [-0.4, -0.2) is 62.9 Å². The molecule has 8 heteroatoms. The zero-order valence-corrected chi connectivity index (χ0v) is 15.3. The second-order valence-electron chi connectivity index (χ2n) is 6.60. The molecule has 0 aromatic heterocycles. The summed E-state index contributed by atoms with van der Waals surface area (Å²) in [5, 5.41) is 0. The number of carbonyl (C=O) groups is 1. The van der Waals surface area contributed by atoms with Crippen LogP contribution in [0.5, 0.6) is 5.75 Å². The van der Waals surface area contributed by atoms with Gasteiger partial charge in [0, 0.05) is 25.7 Å². The number of primary amides is 1. The van der Waals surface area contributed by atoms with E-state index >= 15 is 0 Å². The highest BCUT2D eigenvalue weighted by molar-refractivity contribution is 7.89. The van der Waals surface area contributed by atoms with Gasteiger partial charge in [0.1, 0.15) is 5.75 Å². The molecule has 1 amide bonds. The van der Waals surface area contributed by atoms with Gasteiger partial charge in [-0.05, 0) is 44.0 Å². The standard InChI is InChI=1S/C17H25N3O4S/c1-24-16-7-6-14(12-15(16)17(18)21)25(22,23)20-9-3-8-19(10-11-20)13-4-2-5-13/h6-7,12-13H,2-5,8-11H2,1H3,(H2,18,21). The molecule has 7 nitrogen and oxygen atoms in total. The Hall–Kier alpha value is -1.64. The van der Waals surface area contributed by atoms with Crippen molar-refractivity contribution in [1.29, 1.82) is 0 Å². The lowest BCUT2D eigenvalue weighted by Gasteiger charge is -2.36. The predicted octanol–water partition coefficient (Wildman–Crippen LogP) is 1.04. The van der Waals surface area contributed by atoms with Gasteiger partial charge in [-0.2, -0.15) is 4.31 Å². The second-order valence-corrected chi connectivity index (χ2v) is 8.54. The number of carbonyl (C=O) groups excluding carboxylic acids is 1. The van der Waals surface area contributed by atoms with Crippen LogP contribution < -0.4 is 10.5 Å². The average molecular weight is 367 g/mol. The molecular weight excluding hydrogens is 342 g/mol. The molecule has 0 atom stereocenters. The lowest BCUT2D eigenvalue weighted by atomic mass is 9.91. The molecule has 1 aliphatic heterocycles. The molecule has 3 rings (SSSR count). The van der Waals surface area contributed by atoms with Crippen LogP contribution in [-0.2, 0) is 10.0 Å². The van der Waals surface area contributed by atoms with E-state index in [0.29, 0.717) is 19.1 Å². The molecular formula is C17H25N3O4S. The van der Waals surface area contributed by atoms with Crippen molar-refractivity contribution >= 4 is 15.9 Å². The Morgan fingerprint density at radius 3 is 2.52 bits per heavy atom. The normalized spacial score (nSPS) is 20.7. The van der Waals surface area contributed by atoms with Crippen LogP contribution in [0.4, 0.5) is 0 Å². The van der Waals surface area contributed by atoms with Gasteiger partial charge in [0.2, 0.25) is 10.0 Å². The fourth-order valence-electron chi connectivity index (χ4n) is 3.46. The highest BCUT2D eigenvalue weighted by Crippen LogP contribution is 2.28. The van der Waals surface area contributed by atoms with Crippen LogP contribution in [0.3, 0.4) is 0 Å². The molecule has 0 unspecified atom stereocenters. The first kappa shape index (κ1) is 18.2. The van der Waals surface area contributed by atoms with E-state index in [-0.39, 0.29) is 16.2 Å². The first-order valence-corrected chi connectivity index (χ1v) is 10.1. The summed E-state index contributed by atoms with van der Waals surface area (Å²) in [5.74, 6) is -0.431. The Labute approximate surface area is 148 Å². The molecule has 25 heavy (non-hydrogen) atoms. The number of nitrogens with zero attached hydrogens (tertiary/aromatic N) is 2. The van der Waals surface area contributed by atoms with E-state index in [1.165, 1.54) is 48.9 Å². The van der Waals surface area contributed by atoms with Crippen LogP contribution >= 0.6 is 0 Å². The molecule has 2 fully saturated rings. The van der Waals surface area contributed by atoms with Gasteiger partial charge in [-0.1, -0.05) is 6.42 Å². The third kappa shape index (κ3) is 3.65. The Morgan fingerprint density at radius 2 is 1.92 bits per heavy atom. The summed E-state index contributed by atoms with van der Waals surface area (Å²) >= 11 is 0. The van der Waals surface area contributed by atoms with E-state index in [2.05, 4.69) is 4.90 Å². The smallest absolute Gasteiger partial charge is 0.252 e. The summed E-state index contributed by atoms with van der Waals surface area (Å²) in [4.78, 5) is 14.1. The molecule has 0 spiro atoms. The minimum atomic E-state index is -3.66. The minimum Gasteiger partial charge on any atom is -0.496 e. The third-order valence-electron chi connectivity index (χ3n) is 5.15. The monoisotopic (exact) mass is 367 g/mol. The number of methoxy groups -OCH3 is 1. The molecule has 1 aromatic rings. The van der Waals surface area contributed by atoms with Crippen molar-refractivity contribution in [2.75, 3.05) is 33.3 Å². The van der Waals surface area contributed by atoms with Gasteiger partial charge in [0.15, 0.2) is 0 Å². The fraction of sp³-hybridized carbons (Fsp3) is 0.588. The van der Waals surface area contributed by atoms with E-state index in [1.807, 2.05) is 0 Å². The van der Waals surface area contributed by atoms with Crippen molar-refractivity contribution in [3.8, 4) is 5.75 Å². The van der Waals surface area contributed by atoms with E-state index in [1.54, 1.807) is 0 Å². The zero-order valence-electron chi connectivity index (χ0n) is 14.5. The Morgan fingerprint density at radius 1 is 1.16 bits per heavy atom. The number of rotatable bonds is 5. The Balaban J connectivity index is 1.81. The summed E-state index contributed by atoms with van der Waals surface area (Å²) < 4.78 is 32.6. The van der Waals surface area contributed by atoms with E-state index < -0.39 is 15.9 Å². The van der Waals surface area contributed by atoms with Crippen molar-refractivity contribution in [3.63, 3.8) is 0 Å². The molecule has 1 saturated heterocycles. The van der Waals surface area contributed by atoms with Crippen LogP contribution in [0, 0.1) is 0 Å². The number of amides is 1. The summed E-state index contributed by atoms with van der Waals surface area (Å²) in [5.41, 5.74) is 5.42. The average Bonchev–Trinajstić information content (AvgIpc) is 2.79. The number of sulfonamides is 1. The van der Waals surface area contributed by atoms with Crippen molar-refractivity contribution in [2.45, 2.75) is 36.6 Å². The lowest BCUT2D eigenvalue weighted by molar-refractivity contribution is 0.0997. The minimum absolute atomic E-state index is 0.0782. The summed E-state index contributed by atoms with van der Waals surface area (Å²) in [6.45, 7) is 2.65. The molecule has 1 aromatic carbocycles. The zero-order chi connectivity index (χ0) is 18.0. The highest BCUT2D eigenvalue weighted by atomic mass is 32.2. The third-order valence-corrected chi connectivity index (χ3v) is 7.05. The van der Waals surface area contributed by atoms with E-state index in [4.69, 9.17) is 10.5 Å². The van der Waals surface area contributed by atoms with Gasteiger partial charge in [-0.15, -0.1) is 0 Å². The van der Waals surface area contributed by atoms with Crippen LogP contribution in [0.1, 0.15) is 36.0 Å². The van der Waals surface area contributed by atoms with E-state index in [0.717, 1.165) is 19.5 Å². The second kappa shape index (κ2) is 7.31. The Kier molecular flexibility index (Phi) is 5.31. The number of benzene rings is 1. The first-order chi connectivity index (χ1) is 11.9. The molecule has 1 aliphatic carbocycles. The van der Waals surface area contributed by atoms with Gasteiger partial charge < -0.3 is 10.5 Å². The van der Waals surface area contributed by atoms with Gasteiger partial charge >= 0.3 is 0 Å². The molecule has 1 saturated carbocycles. The molecule has 2 aliphatic rings. The number of hydrogen-bond donors (Lipinski definition) is 1. The van der Waals surface area contributed by atoms with Crippen molar-refractivity contribution in [1.82, 2.24) is 9.21 Å². The first-order valence-electron chi connectivity index (χ1n) is 8.65. The van der Waals surface area contributed by atoms with Crippen molar-refractivity contribution in [2.24, 2.45) is 5.73 Å². The Bertz CT molecular complexity index is 746. The van der Waals surface area contributed by atoms with Crippen LogP contribution in [0.15, 0.2) is 23.1 Å². The molecule has 2 N–H and O–H groups in total. The highest BCUT2D eigenvalue weighted by Gasteiger charge is 2.31. The topological polar surface area (TPSA) is 92.9 Å². The maximum absolute atomic E-state index is 13.0. The quantitative estimate of drug-likeness (QED) is 0.839. The molecule has 0 radical (unpaired) electrons. The molecule has 138 valence electrons. The van der Waals surface area contributed by atoms with Crippen LogP contribution in [0.2, 0.25) is 0 Å². The van der Waals surface area contributed by atoms with Gasteiger partial charge in [-0.25, -0.2) is 8.42 Å². The van der Waals surface area contributed by atoms with Gasteiger partial charge in [-0.3, -0.25) is 9.69 Å². The maximum Gasteiger partial charge on any atom is 0.252 e. The summed E-state index contributed by atoms with van der Waals surface area (Å²) in [6, 6.07) is 4.87.